The van der Waals surface area contributed by atoms with E-state index in [-0.39, 0.29) is 5.41 Å². The van der Waals surface area contributed by atoms with Crippen LogP contribution in [0.15, 0.2) is 140 Å². The molecule has 0 aliphatic heterocycles. The molecule has 8 aromatic rings. The SMILES string of the molecule is CC1(C)c2ccccc2-c2nc(-c3ccc(-c4ccccc4)cc3)c(-n3c4ccccc4c4cc5ccccc5cc43)nc21. The fraction of sp³-hybridized carbons (Fsp3) is 0.0732. The summed E-state index contributed by atoms with van der Waals surface area (Å²) < 4.78 is 2.34. The molecule has 0 saturated carbocycles. The highest BCUT2D eigenvalue weighted by molar-refractivity contribution is 6.13. The smallest absolute Gasteiger partial charge is 0.164 e. The molecule has 0 unspecified atom stereocenters. The van der Waals surface area contributed by atoms with Crippen LogP contribution in [0.25, 0.3) is 72.0 Å². The van der Waals surface area contributed by atoms with E-state index >= 15 is 0 Å². The van der Waals surface area contributed by atoms with Crippen molar-refractivity contribution in [2.24, 2.45) is 0 Å². The number of para-hydroxylation sites is 1. The summed E-state index contributed by atoms with van der Waals surface area (Å²) in [6, 6.07) is 49.8. The first-order chi connectivity index (χ1) is 21.6. The first-order valence-electron chi connectivity index (χ1n) is 15.2. The number of nitrogens with zero attached hydrogens (tertiary/aromatic N) is 3. The molecule has 3 nitrogen and oxygen atoms in total. The van der Waals surface area contributed by atoms with E-state index in [9.17, 15) is 0 Å². The van der Waals surface area contributed by atoms with Gasteiger partial charge < -0.3 is 0 Å². The third-order valence-electron chi connectivity index (χ3n) is 9.34. The van der Waals surface area contributed by atoms with E-state index in [0.717, 1.165) is 39.5 Å². The predicted octanol–water partition coefficient (Wildman–Crippen LogP) is 10.4. The summed E-state index contributed by atoms with van der Waals surface area (Å²) >= 11 is 0. The number of fused-ring (bicyclic) bond motifs is 7. The Kier molecular flexibility index (Phi) is 5.24. The summed E-state index contributed by atoms with van der Waals surface area (Å²) in [6.45, 7) is 4.54. The molecule has 0 fully saturated rings. The molecule has 0 saturated heterocycles. The summed E-state index contributed by atoms with van der Waals surface area (Å²) in [5.41, 5.74) is 10.7. The average molecular weight is 564 g/mol. The molecule has 1 aliphatic carbocycles. The minimum Gasteiger partial charge on any atom is -0.292 e. The topological polar surface area (TPSA) is 30.7 Å². The van der Waals surface area contributed by atoms with Gasteiger partial charge in [0.15, 0.2) is 5.82 Å². The van der Waals surface area contributed by atoms with E-state index in [1.165, 1.54) is 43.8 Å². The normalized spacial score (nSPS) is 13.4. The van der Waals surface area contributed by atoms with Gasteiger partial charge in [-0.25, -0.2) is 9.97 Å². The van der Waals surface area contributed by atoms with Crippen LogP contribution >= 0.6 is 0 Å². The van der Waals surface area contributed by atoms with Gasteiger partial charge in [0.05, 0.1) is 22.4 Å². The van der Waals surface area contributed by atoms with Crippen molar-refractivity contribution < 1.29 is 0 Å². The van der Waals surface area contributed by atoms with Gasteiger partial charge in [-0.3, -0.25) is 4.57 Å². The van der Waals surface area contributed by atoms with E-state index < -0.39 is 0 Å². The Morgan fingerprint density at radius 3 is 1.95 bits per heavy atom. The van der Waals surface area contributed by atoms with Crippen LogP contribution < -0.4 is 0 Å². The Hall–Kier alpha value is -5.54. The Labute approximate surface area is 256 Å². The van der Waals surface area contributed by atoms with E-state index in [2.05, 4.69) is 158 Å². The molecule has 0 atom stereocenters. The molecule has 1 aliphatic rings. The molecule has 9 rings (SSSR count). The fourth-order valence-electron chi connectivity index (χ4n) is 7.10. The van der Waals surface area contributed by atoms with Crippen molar-refractivity contribution in [1.29, 1.82) is 0 Å². The second kappa shape index (κ2) is 9.23. The van der Waals surface area contributed by atoms with Crippen molar-refractivity contribution in [1.82, 2.24) is 14.5 Å². The first kappa shape index (κ1) is 25.0. The first-order valence-corrected chi connectivity index (χ1v) is 15.2. The summed E-state index contributed by atoms with van der Waals surface area (Å²) in [7, 11) is 0. The Morgan fingerprint density at radius 2 is 1.14 bits per heavy atom. The third kappa shape index (κ3) is 3.56. The summed E-state index contributed by atoms with van der Waals surface area (Å²) in [5, 5.41) is 4.87. The van der Waals surface area contributed by atoms with E-state index in [1.807, 2.05) is 0 Å². The van der Waals surface area contributed by atoms with E-state index in [1.54, 1.807) is 0 Å². The van der Waals surface area contributed by atoms with Gasteiger partial charge in [-0.05, 0) is 45.7 Å². The van der Waals surface area contributed by atoms with Gasteiger partial charge in [-0.1, -0.05) is 135 Å². The van der Waals surface area contributed by atoms with Crippen LogP contribution in [0.4, 0.5) is 0 Å². The van der Waals surface area contributed by atoms with Crippen LogP contribution in [0, 0.1) is 0 Å². The molecule has 0 bridgehead atoms. The van der Waals surface area contributed by atoms with Gasteiger partial charge in [-0.2, -0.15) is 0 Å². The Bertz CT molecular complexity index is 2400. The van der Waals surface area contributed by atoms with E-state index in [4.69, 9.17) is 9.97 Å². The van der Waals surface area contributed by atoms with Crippen LogP contribution in [0.1, 0.15) is 25.1 Å². The van der Waals surface area contributed by atoms with E-state index in [0.29, 0.717) is 0 Å². The molecule has 0 spiro atoms. The third-order valence-corrected chi connectivity index (χ3v) is 9.34. The number of rotatable bonds is 3. The highest BCUT2D eigenvalue weighted by Gasteiger charge is 2.39. The van der Waals surface area contributed by atoms with Crippen molar-refractivity contribution in [3.05, 3.63) is 151 Å². The van der Waals surface area contributed by atoms with Crippen molar-refractivity contribution >= 4 is 32.6 Å². The second-order valence-electron chi connectivity index (χ2n) is 12.3. The van der Waals surface area contributed by atoms with Crippen LogP contribution in [0.2, 0.25) is 0 Å². The lowest BCUT2D eigenvalue weighted by molar-refractivity contribution is 0.633. The molecule has 0 N–H and O–H groups in total. The summed E-state index contributed by atoms with van der Waals surface area (Å²) in [5.74, 6) is 0.860. The molecule has 44 heavy (non-hydrogen) atoms. The molecule has 208 valence electrons. The molecule has 2 heterocycles. The highest BCUT2D eigenvalue weighted by Crippen LogP contribution is 2.48. The van der Waals surface area contributed by atoms with Crippen LogP contribution in [0.3, 0.4) is 0 Å². The van der Waals surface area contributed by atoms with Crippen molar-refractivity contribution in [3.63, 3.8) is 0 Å². The Balaban J connectivity index is 1.37. The highest BCUT2D eigenvalue weighted by atomic mass is 15.1. The maximum absolute atomic E-state index is 5.60. The van der Waals surface area contributed by atoms with Crippen LogP contribution in [-0.4, -0.2) is 14.5 Å². The molecule has 3 heteroatoms. The maximum atomic E-state index is 5.60. The zero-order chi connectivity index (χ0) is 29.4. The van der Waals surface area contributed by atoms with Crippen molar-refractivity contribution in [3.8, 4) is 39.5 Å². The van der Waals surface area contributed by atoms with Crippen molar-refractivity contribution in [2.75, 3.05) is 0 Å². The Morgan fingerprint density at radius 1 is 0.500 bits per heavy atom. The molecule has 6 aromatic carbocycles. The summed E-state index contributed by atoms with van der Waals surface area (Å²) in [6.07, 6.45) is 0. The quantitative estimate of drug-likeness (QED) is 0.214. The van der Waals surface area contributed by atoms with Gasteiger partial charge in [0.2, 0.25) is 0 Å². The number of aromatic nitrogens is 3. The van der Waals surface area contributed by atoms with Gasteiger partial charge in [0, 0.05) is 27.3 Å². The molecular formula is C41H29N3. The second-order valence-corrected chi connectivity index (χ2v) is 12.3. The summed E-state index contributed by atoms with van der Waals surface area (Å²) in [4.78, 5) is 11.1. The lowest BCUT2D eigenvalue weighted by atomic mass is 9.85. The molecule has 2 aromatic heterocycles. The van der Waals surface area contributed by atoms with Crippen LogP contribution in [0.5, 0.6) is 0 Å². The molecule has 0 amide bonds. The van der Waals surface area contributed by atoms with Gasteiger partial charge in [0.25, 0.3) is 0 Å². The fourth-order valence-corrected chi connectivity index (χ4v) is 7.10. The molecular weight excluding hydrogens is 534 g/mol. The van der Waals surface area contributed by atoms with Gasteiger partial charge >= 0.3 is 0 Å². The zero-order valence-electron chi connectivity index (χ0n) is 24.6. The number of hydrogen-bond donors (Lipinski definition) is 0. The number of hydrogen-bond acceptors (Lipinski definition) is 2. The minimum absolute atomic E-state index is 0.269. The standard InChI is InChI=1S/C41H29N3/c1-41(2)34-18-10-8-17-32(34)38-39(41)43-40(37(42-38)28-22-20-27(21-23-28)26-12-4-3-5-13-26)44-35-19-11-9-16-31(35)33-24-29-14-6-7-15-30(29)25-36(33)44/h3-25H,1-2H3. The average Bonchev–Trinajstić information content (AvgIpc) is 3.51. The van der Waals surface area contributed by atoms with Gasteiger partial charge in [0.1, 0.15) is 5.69 Å². The lowest BCUT2D eigenvalue weighted by Crippen LogP contribution is -2.18. The van der Waals surface area contributed by atoms with Crippen molar-refractivity contribution in [2.45, 2.75) is 19.3 Å². The zero-order valence-corrected chi connectivity index (χ0v) is 24.6. The largest absolute Gasteiger partial charge is 0.292 e. The predicted molar refractivity (Wildman–Crippen MR) is 182 cm³/mol. The lowest BCUT2D eigenvalue weighted by Gasteiger charge is -2.22. The molecule has 0 radical (unpaired) electrons. The van der Waals surface area contributed by atoms with Crippen LogP contribution in [-0.2, 0) is 5.41 Å². The minimum atomic E-state index is -0.269. The maximum Gasteiger partial charge on any atom is 0.164 e. The van der Waals surface area contributed by atoms with Gasteiger partial charge in [-0.15, -0.1) is 0 Å². The number of benzene rings is 6. The monoisotopic (exact) mass is 563 g/mol.